The Hall–Kier alpha value is -2.70. The highest BCUT2D eigenvalue weighted by atomic mass is 16.5. The summed E-state index contributed by atoms with van der Waals surface area (Å²) in [7, 11) is 5.10. The number of benzene rings is 1. The first-order valence-electron chi connectivity index (χ1n) is 6.85. The highest BCUT2D eigenvalue weighted by molar-refractivity contribution is 5.77. The summed E-state index contributed by atoms with van der Waals surface area (Å²) in [6.45, 7) is 1.04. The molecule has 22 heavy (non-hydrogen) atoms. The number of methoxy groups -OCH3 is 2. The van der Waals surface area contributed by atoms with E-state index >= 15 is 0 Å². The summed E-state index contributed by atoms with van der Waals surface area (Å²) in [6.07, 6.45) is 1.74. The molecular weight excluding hydrogens is 282 g/mol. The molecule has 0 fully saturated rings. The second-order valence-electron chi connectivity index (χ2n) is 4.69. The van der Waals surface area contributed by atoms with Gasteiger partial charge in [-0.25, -0.2) is 4.99 Å². The average molecular weight is 303 g/mol. The van der Waals surface area contributed by atoms with Crippen molar-refractivity contribution in [3.8, 4) is 11.5 Å². The summed E-state index contributed by atoms with van der Waals surface area (Å²) in [5, 5.41) is 7.15. The van der Waals surface area contributed by atoms with E-state index in [2.05, 4.69) is 15.4 Å². The van der Waals surface area contributed by atoms with Crippen molar-refractivity contribution in [2.75, 3.05) is 14.2 Å². The number of nitrogens with two attached hydrogens (primary N) is 1. The van der Waals surface area contributed by atoms with Gasteiger partial charge in [-0.05, 0) is 23.8 Å². The van der Waals surface area contributed by atoms with Gasteiger partial charge in [-0.3, -0.25) is 4.68 Å². The maximum Gasteiger partial charge on any atom is 0.189 e. The second-order valence-corrected chi connectivity index (χ2v) is 4.69. The number of nitrogens with one attached hydrogen (secondary N) is 1. The van der Waals surface area contributed by atoms with Crippen LogP contribution in [-0.4, -0.2) is 30.0 Å². The molecule has 7 heteroatoms. The molecule has 0 aliphatic heterocycles. The molecule has 0 aliphatic carbocycles. The minimum atomic E-state index is 0.385. The maximum atomic E-state index is 5.87. The zero-order valence-electron chi connectivity index (χ0n) is 13.0. The molecule has 2 rings (SSSR count). The third-order valence-corrected chi connectivity index (χ3v) is 3.25. The van der Waals surface area contributed by atoms with E-state index in [1.807, 2.05) is 31.3 Å². The van der Waals surface area contributed by atoms with Crippen molar-refractivity contribution < 1.29 is 9.47 Å². The normalized spacial score (nSPS) is 11.3. The predicted octanol–water partition coefficient (Wildman–Crippen LogP) is 1.04. The van der Waals surface area contributed by atoms with E-state index < -0.39 is 0 Å². The number of guanidine groups is 1. The van der Waals surface area contributed by atoms with E-state index in [0.29, 0.717) is 30.5 Å². The van der Waals surface area contributed by atoms with E-state index in [1.165, 1.54) is 0 Å². The van der Waals surface area contributed by atoms with Crippen LogP contribution in [0.3, 0.4) is 0 Å². The van der Waals surface area contributed by atoms with Gasteiger partial charge in [-0.2, -0.15) is 5.10 Å². The molecule has 2 aromatic rings. The van der Waals surface area contributed by atoms with Crippen LogP contribution >= 0.6 is 0 Å². The zero-order chi connectivity index (χ0) is 15.9. The second kappa shape index (κ2) is 7.35. The van der Waals surface area contributed by atoms with Gasteiger partial charge in [0.1, 0.15) is 0 Å². The van der Waals surface area contributed by atoms with Crippen LogP contribution in [0.2, 0.25) is 0 Å². The van der Waals surface area contributed by atoms with E-state index in [0.717, 1.165) is 11.3 Å². The first kappa shape index (κ1) is 15.7. The van der Waals surface area contributed by atoms with Crippen LogP contribution in [0.5, 0.6) is 11.5 Å². The molecule has 7 nitrogen and oxygen atoms in total. The van der Waals surface area contributed by atoms with Crippen molar-refractivity contribution in [3.05, 3.63) is 41.7 Å². The molecule has 0 saturated carbocycles. The SMILES string of the molecule is COc1ccc(CN=C(N)NCc2ccnn2C)cc1OC. The Morgan fingerprint density at radius 1 is 1.27 bits per heavy atom. The number of hydrogen-bond donors (Lipinski definition) is 2. The molecule has 118 valence electrons. The molecule has 0 radical (unpaired) electrons. The third-order valence-electron chi connectivity index (χ3n) is 3.25. The lowest BCUT2D eigenvalue weighted by Gasteiger charge is -2.09. The van der Waals surface area contributed by atoms with Gasteiger partial charge in [0.15, 0.2) is 17.5 Å². The van der Waals surface area contributed by atoms with Gasteiger partial charge >= 0.3 is 0 Å². The van der Waals surface area contributed by atoms with Gasteiger partial charge < -0.3 is 20.5 Å². The predicted molar refractivity (Wildman–Crippen MR) is 84.9 cm³/mol. The maximum absolute atomic E-state index is 5.87. The fraction of sp³-hybridized carbons (Fsp3) is 0.333. The number of aromatic nitrogens is 2. The van der Waals surface area contributed by atoms with Gasteiger partial charge in [0.2, 0.25) is 0 Å². The Kier molecular flexibility index (Phi) is 5.24. The van der Waals surface area contributed by atoms with Crippen LogP contribution in [0.25, 0.3) is 0 Å². The Morgan fingerprint density at radius 2 is 2.05 bits per heavy atom. The number of hydrogen-bond acceptors (Lipinski definition) is 4. The number of rotatable bonds is 6. The Morgan fingerprint density at radius 3 is 2.68 bits per heavy atom. The van der Waals surface area contributed by atoms with Crippen LogP contribution in [-0.2, 0) is 20.1 Å². The first-order valence-corrected chi connectivity index (χ1v) is 6.85. The molecular formula is C15H21N5O2. The average Bonchev–Trinajstić information content (AvgIpc) is 2.95. The lowest BCUT2D eigenvalue weighted by molar-refractivity contribution is 0.354. The lowest BCUT2D eigenvalue weighted by atomic mass is 10.2. The molecule has 1 heterocycles. The zero-order valence-corrected chi connectivity index (χ0v) is 13.0. The molecule has 0 amide bonds. The summed E-state index contributed by atoms with van der Waals surface area (Å²) in [6, 6.07) is 7.59. The summed E-state index contributed by atoms with van der Waals surface area (Å²) >= 11 is 0. The lowest BCUT2D eigenvalue weighted by Crippen LogP contribution is -2.31. The smallest absolute Gasteiger partial charge is 0.189 e. The summed E-state index contributed by atoms with van der Waals surface area (Å²) in [4.78, 5) is 4.31. The Labute approximate surface area is 129 Å². The van der Waals surface area contributed by atoms with Crippen molar-refractivity contribution in [1.82, 2.24) is 15.1 Å². The van der Waals surface area contributed by atoms with Gasteiger partial charge in [0, 0.05) is 13.2 Å². The molecule has 0 atom stereocenters. The van der Waals surface area contributed by atoms with E-state index in [1.54, 1.807) is 25.1 Å². The van der Waals surface area contributed by atoms with Crippen molar-refractivity contribution >= 4 is 5.96 Å². The number of aliphatic imine (C=N–C) groups is 1. The monoisotopic (exact) mass is 303 g/mol. The first-order chi connectivity index (χ1) is 10.6. The van der Waals surface area contributed by atoms with E-state index in [-0.39, 0.29) is 0 Å². The summed E-state index contributed by atoms with van der Waals surface area (Å²) in [5.74, 6) is 1.75. The van der Waals surface area contributed by atoms with Crippen LogP contribution in [0, 0.1) is 0 Å². The fourth-order valence-corrected chi connectivity index (χ4v) is 1.97. The van der Waals surface area contributed by atoms with Gasteiger partial charge in [0.05, 0.1) is 33.0 Å². The van der Waals surface area contributed by atoms with Crippen molar-refractivity contribution in [2.24, 2.45) is 17.8 Å². The third kappa shape index (κ3) is 3.91. The molecule has 1 aromatic heterocycles. The minimum absolute atomic E-state index is 0.385. The molecule has 0 saturated heterocycles. The van der Waals surface area contributed by atoms with Gasteiger partial charge in [-0.15, -0.1) is 0 Å². The largest absolute Gasteiger partial charge is 0.493 e. The van der Waals surface area contributed by atoms with E-state index in [4.69, 9.17) is 15.2 Å². The Balaban J connectivity index is 1.94. The molecule has 0 spiro atoms. The quantitative estimate of drug-likeness (QED) is 0.615. The van der Waals surface area contributed by atoms with E-state index in [9.17, 15) is 0 Å². The number of ether oxygens (including phenoxy) is 2. The molecule has 1 aromatic carbocycles. The van der Waals surface area contributed by atoms with Crippen molar-refractivity contribution in [3.63, 3.8) is 0 Å². The topological polar surface area (TPSA) is 86.7 Å². The molecule has 3 N–H and O–H groups in total. The number of nitrogens with zero attached hydrogens (tertiary/aromatic N) is 3. The fourth-order valence-electron chi connectivity index (χ4n) is 1.97. The van der Waals surface area contributed by atoms with Crippen LogP contribution < -0.4 is 20.5 Å². The van der Waals surface area contributed by atoms with Crippen molar-refractivity contribution in [2.45, 2.75) is 13.1 Å². The van der Waals surface area contributed by atoms with Crippen LogP contribution in [0.15, 0.2) is 35.5 Å². The molecule has 0 aliphatic rings. The Bertz CT molecular complexity index is 651. The van der Waals surface area contributed by atoms with Crippen LogP contribution in [0.4, 0.5) is 0 Å². The van der Waals surface area contributed by atoms with Gasteiger partial charge in [-0.1, -0.05) is 6.07 Å². The molecule has 0 bridgehead atoms. The van der Waals surface area contributed by atoms with Gasteiger partial charge in [0.25, 0.3) is 0 Å². The van der Waals surface area contributed by atoms with Crippen LogP contribution in [0.1, 0.15) is 11.3 Å². The van der Waals surface area contributed by atoms with Crippen molar-refractivity contribution in [1.29, 1.82) is 0 Å². The highest BCUT2D eigenvalue weighted by Crippen LogP contribution is 2.27. The standard InChI is InChI=1S/C15H21N5O2/c1-20-12(6-7-19-20)10-18-15(16)17-9-11-4-5-13(21-2)14(8-11)22-3/h4-8H,9-10H2,1-3H3,(H3,16,17,18). The number of aryl methyl sites for hydroxylation is 1. The molecule has 0 unspecified atom stereocenters. The summed E-state index contributed by atoms with van der Waals surface area (Å²) < 4.78 is 12.3. The minimum Gasteiger partial charge on any atom is -0.493 e. The summed E-state index contributed by atoms with van der Waals surface area (Å²) in [5.41, 5.74) is 7.89. The highest BCUT2D eigenvalue weighted by Gasteiger charge is 2.04.